The van der Waals surface area contributed by atoms with E-state index in [1.165, 1.54) is 12.3 Å². The summed E-state index contributed by atoms with van der Waals surface area (Å²) in [7, 11) is 0. The summed E-state index contributed by atoms with van der Waals surface area (Å²) in [4.78, 5) is 26.4. The molecule has 0 unspecified atom stereocenters. The highest BCUT2D eigenvalue weighted by Gasteiger charge is 2.09. The molecule has 0 bridgehead atoms. The Bertz CT molecular complexity index is 641. The number of benzene rings is 1. The molecule has 0 aliphatic carbocycles. The largest absolute Gasteiger partial charge is 0.477 e. The molecule has 0 spiro atoms. The summed E-state index contributed by atoms with van der Waals surface area (Å²) in [6, 6.07) is 10.3. The van der Waals surface area contributed by atoms with Crippen molar-refractivity contribution in [3.8, 4) is 0 Å². The van der Waals surface area contributed by atoms with Gasteiger partial charge in [-0.15, -0.1) is 0 Å². The fourth-order valence-electron chi connectivity index (χ4n) is 1.58. The number of carboxylic acids is 1. The van der Waals surface area contributed by atoms with Gasteiger partial charge in [0.1, 0.15) is 5.69 Å². The van der Waals surface area contributed by atoms with Crippen LogP contribution in [0.15, 0.2) is 42.6 Å². The molecule has 2 N–H and O–H groups in total. The van der Waals surface area contributed by atoms with Gasteiger partial charge in [-0.3, -0.25) is 4.79 Å². The molecule has 2 aromatic rings. The summed E-state index contributed by atoms with van der Waals surface area (Å²) in [6.45, 7) is 0.302. The number of hydrogen-bond donors (Lipinski definition) is 2. The van der Waals surface area contributed by atoms with E-state index in [0.29, 0.717) is 12.1 Å². The number of carbonyl (C=O) groups excluding carboxylic acids is 1. The summed E-state index contributed by atoms with van der Waals surface area (Å²) in [5, 5.41) is 11.5. The van der Waals surface area contributed by atoms with E-state index in [1.54, 1.807) is 18.2 Å². The van der Waals surface area contributed by atoms with Gasteiger partial charge < -0.3 is 10.4 Å². The maximum Gasteiger partial charge on any atom is 0.354 e. The molecule has 1 aromatic heterocycles. The molecular weight excluding hydrogens is 371 g/mol. The third-order valence-electron chi connectivity index (χ3n) is 2.62. The lowest BCUT2D eigenvalue weighted by molar-refractivity contribution is 0.0690. The van der Waals surface area contributed by atoms with Crippen molar-refractivity contribution in [3.05, 3.63) is 63.0 Å². The molecule has 102 valence electrons. The Kier molecular flexibility index (Phi) is 4.67. The van der Waals surface area contributed by atoms with E-state index in [9.17, 15) is 9.59 Å². The first-order valence-electron chi connectivity index (χ1n) is 5.79. The third-order valence-corrected chi connectivity index (χ3v) is 3.56. The highest BCUT2D eigenvalue weighted by molar-refractivity contribution is 14.1. The molecule has 1 heterocycles. The first-order valence-corrected chi connectivity index (χ1v) is 6.87. The van der Waals surface area contributed by atoms with Crippen LogP contribution in [0.5, 0.6) is 0 Å². The molecular formula is C14H11IN2O3. The molecule has 6 heteroatoms. The zero-order valence-corrected chi connectivity index (χ0v) is 12.5. The zero-order chi connectivity index (χ0) is 14.5. The number of pyridine rings is 1. The number of aromatic carboxylic acids is 1. The zero-order valence-electron chi connectivity index (χ0n) is 10.3. The van der Waals surface area contributed by atoms with Gasteiger partial charge >= 0.3 is 5.97 Å². The molecule has 0 saturated heterocycles. The minimum Gasteiger partial charge on any atom is -0.477 e. The number of carbonyl (C=O) groups is 2. The first kappa shape index (κ1) is 14.4. The third kappa shape index (κ3) is 3.53. The number of amides is 1. The van der Waals surface area contributed by atoms with E-state index in [-0.39, 0.29) is 11.6 Å². The van der Waals surface area contributed by atoms with Gasteiger partial charge in [-0.05, 0) is 46.4 Å². The molecule has 5 nitrogen and oxygen atoms in total. The Hall–Kier alpha value is -1.96. The lowest BCUT2D eigenvalue weighted by Gasteiger charge is -2.06. The molecule has 0 atom stereocenters. The van der Waals surface area contributed by atoms with Crippen molar-refractivity contribution in [2.45, 2.75) is 6.54 Å². The molecule has 0 radical (unpaired) electrons. The van der Waals surface area contributed by atoms with Crippen LogP contribution in [0.2, 0.25) is 0 Å². The van der Waals surface area contributed by atoms with E-state index in [2.05, 4.69) is 32.9 Å². The van der Waals surface area contributed by atoms with Crippen molar-refractivity contribution in [2.24, 2.45) is 0 Å². The van der Waals surface area contributed by atoms with Gasteiger partial charge in [-0.2, -0.15) is 0 Å². The molecule has 0 fully saturated rings. The van der Waals surface area contributed by atoms with Crippen LogP contribution in [-0.2, 0) is 6.54 Å². The second-order valence-corrected chi connectivity index (χ2v) is 5.18. The minimum absolute atomic E-state index is 0.0160. The van der Waals surface area contributed by atoms with E-state index >= 15 is 0 Å². The number of nitrogens with one attached hydrogen (secondary N) is 1. The van der Waals surface area contributed by atoms with E-state index in [1.807, 2.05) is 12.1 Å². The average Bonchev–Trinajstić information content (AvgIpc) is 2.45. The smallest absolute Gasteiger partial charge is 0.354 e. The summed E-state index contributed by atoms with van der Waals surface area (Å²) in [5.41, 5.74) is 1.34. The summed E-state index contributed by atoms with van der Waals surface area (Å²) in [6.07, 6.45) is 1.44. The van der Waals surface area contributed by atoms with Gasteiger partial charge in [-0.1, -0.05) is 18.2 Å². The van der Waals surface area contributed by atoms with E-state index in [4.69, 9.17) is 5.11 Å². The highest BCUT2D eigenvalue weighted by atomic mass is 127. The summed E-state index contributed by atoms with van der Waals surface area (Å²) in [5.74, 6) is -1.24. The molecule has 2 rings (SSSR count). The van der Waals surface area contributed by atoms with Gasteiger partial charge in [0, 0.05) is 16.3 Å². The van der Waals surface area contributed by atoms with Gasteiger partial charge in [0.05, 0.1) is 5.56 Å². The fraction of sp³-hybridized carbons (Fsp3) is 0.0714. The number of rotatable bonds is 4. The first-order chi connectivity index (χ1) is 9.58. The van der Waals surface area contributed by atoms with Crippen LogP contribution in [0.4, 0.5) is 0 Å². The van der Waals surface area contributed by atoms with Crippen LogP contribution < -0.4 is 5.32 Å². The van der Waals surface area contributed by atoms with Crippen LogP contribution in [0.25, 0.3) is 0 Å². The van der Waals surface area contributed by atoms with Crippen LogP contribution in [0, 0.1) is 3.57 Å². The predicted octanol–water partition coefficient (Wildman–Crippen LogP) is 2.31. The number of nitrogens with zero attached hydrogens (tertiary/aromatic N) is 1. The Labute approximate surface area is 129 Å². The number of aromatic nitrogens is 1. The van der Waals surface area contributed by atoms with Crippen molar-refractivity contribution in [1.29, 1.82) is 0 Å². The molecule has 1 aromatic carbocycles. The van der Waals surface area contributed by atoms with Gasteiger partial charge in [-0.25, -0.2) is 9.78 Å². The quantitative estimate of drug-likeness (QED) is 0.796. The molecule has 1 amide bonds. The highest BCUT2D eigenvalue weighted by Crippen LogP contribution is 2.11. The lowest BCUT2D eigenvalue weighted by Crippen LogP contribution is -2.23. The molecule has 0 aliphatic heterocycles. The van der Waals surface area contributed by atoms with Crippen molar-refractivity contribution in [2.75, 3.05) is 0 Å². The minimum atomic E-state index is -1.07. The Morgan fingerprint density at radius 2 is 1.95 bits per heavy atom. The topological polar surface area (TPSA) is 79.3 Å². The van der Waals surface area contributed by atoms with Crippen molar-refractivity contribution in [3.63, 3.8) is 0 Å². The normalized spacial score (nSPS) is 10.1. The van der Waals surface area contributed by atoms with Gasteiger partial charge in [0.2, 0.25) is 0 Å². The lowest BCUT2D eigenvalue weighted by atomic mass is 10.2. The van der Waals surface area contributed by atoms with Crippen LogP contribution in [0.1, 0.15) is 26.4 Å². The van der Waals surface area contributed by atoms with Crippen LogP contribution in [0.3, 0.4) is 0 Å². The predicted molar refractivity (Wildman–Crippen MR) is 81.5 cm³/mol. The van der Waals surface area contributed by atoms with E-state index < -0.39 is 5.97 Å². The maximum absolute atomic E-state index is 12.0. The molecule has 0 aliphatic rings. The maximum atomic E-state index is 12.0. The van der Waals surface area contributed by atoms with Crippen LogP contribution >= 0.6 is 22.6 Å². The second-order valence-electron chi connectivity index (χ2n) is 4.02. The SMILES string of the molecule is O=C(O)c1ccc(CNC(=O)c2ccccc2I)cn1. The van der Waals surface area contributed by atoms with Crippen molar-refractivity contribution in [1.82, 2.24) is 10.3 Å². The summed E-state index contributed by atoms with van der Waals surface area (Å²) >= 11 is 2.10. The van der Waals surface area contributed by atoms with Gasteiger partial charge in [0.15, 0.2) is 0 Å². The number of halogens is 1. The molecule has 0 saturated carbocycles. The molecule has 20 heavy (non-hydrogen) atoms. The number of carboxylic acid groups (broad SMARTS) is 1. The monoisotopic (exact) mass is 382 g/mol. The van der Waals surface area contributed by atoms with Crippen molar-refractivity contribution >= 4 is 34.5 Å². The Balaban J connectivity index is 2.00. The van der Waals surface area contributed by atoms with Gasteiger partial charge in [0.25, 0.3) is 5.91 Å². The second kappa shape index (κ2) is 6.47. The standard InChI is InChI=1S/C14H11IN2O3/c15-11-4-2-1-3-10(11)13(18)17-8-9-5-6-12(14(19)20)16-7-9/h1-7H,8H2,(H,17,18)(H,19,20). The fourth-order valence-corrected chi connectivity index (χ4v) is 2.21. The Morgan fingerprint density at radius 3 is 2.55 bits per heavy atom. The van der Waals surface area contributed by atoms with Crippen molar-refractivity contribution < 1.29 is 14.7 Å². The average molecular weight is 382 g/mol. The number of hydrogen-bond acceptors (Lipinski definition) is 3. The Morgan fingerprint density at radius 1 is 1.20 bits per heavy atom. The summed E-state index contributed by atoms with van der Waals surface area (Å²) < 4.78 is 0.877. The van der Waals surface area contributed by atoms with Crippen LogP contribution in [-0.4, -0.2) is 22.0 Å². The van der Waals surface area contributed by atoms with E-state index in [0.717, 1.165) is 9.13 Å².